The highest BCUT2D eigenvalue weighted by Crippen LogP contribution is 2.59. The number of carbonyl (C=O) groups excluding carboxylic acids is 2. The zero-order valence-electron chi connectivity index (χ0n) is 24.2. The first kappa shape index (κ1) is 34.9. The molecule has 0 saturated carbocycles. The summed E-state index contributed by atoms with van der Waals surface area (Å²) in [4.78, 5) is 47.0. The maximum Gasteiger partial charge on any atom is 0.345 e. The minimum atomic E-state index is -3.74. The van der Waals surface area contributed by atoms with E-state index in [1.54, 1.807) is 27.7 Å². The highest BCUT2D eigenvalue weighted by atomic mass is 32.7. The molecule has 15 nitrogen and oxygen atoms in total. The number of nitrogens with zero attached hydrogens (tertiary/aromatic N) is 3. The Morgan fingerprint density at radius 2 is 1.72 bits per heavy atom. The molecule has 0 radical (unpaired) electrons. The molecule has 2 aromatic heterocycles. The Morgan fingerprint density at radius 3 is 2.21 bits per heavy atom. The first-order valence-electron chi connectivity index (χ1n) is 13.1. The summed E-state index contributed by atoms with van der Waals surface area (Å²) in [5, 5.41) is 16.2. The van der Waals surface area contributed by atoms with E-state index in [0.29, 0.717) is 0 Å². The molecule has 1 aliphatic rings. The number of aromatic amines is 1. The summed E-state index contributed by atoms with van der Waals surface area (Å²) in [5.74, 6) is -1.84. The van der Waals surface area contributed by atoms with E-state index in [1.165, 1.54) is 13.8 Å². The fourth-order valence-electron chi connectivity index (χ4n) is 4.09. The quantitative estimate of drug-likeness (QED) is 0.103. The first-order chi connectivity index (χ1) is 19.9. The molecule has 3 heterocycles. The van der Waals surface area contributed by atoms with Crippen LogP contribution in [0.2, 0.25) is 0 Å². The summed E-state index contributed by atoms with van der Waals surface area (Å²) in [6, 6.07) is -2.25. The van der Waals surface area contributed by atoms with E-state index in [0.717, 1.165) is 10.9 Å². The summed E-state index contributed by atoms with van der Waals surface area (Å²) in [5.41, 5.74) is 1.26. The van der Waals surface area contributed by atoms with Crippen LogP contribution in [0.15, 0.2) is 11.1 Å². The second-order valence-corrected chi connectivity index (χ2v) is 14.1. The second kappa shape index (κ2) is 13.6. The third kappa shape index (κ3) is 7.76. The number of carbonyl (C=O) groups is 2. The number of esters is 2. The molecule has 0 amide bonds. The molecule has 0 aliphatic carbocycles. The normalized spacial score (nSPS) is 24.2. The molecule has 1 aliphatic heterocycles. The van der Waals surface area contributed by atoms with Crippen LogP contribution in [0.5, 0.6) is 0 Å². The van der Waals surface area contributed by atoms with E-state index in [4.69, 9.17) is 24.5 Å². The summed E-state index contributed by atoms with van der Waals surface area (Å²) < 4.78 is 67.2. The molecule has 20 heteroatoms. The van der Waals surface area contributed by atoms with Crippen molar-refractivity contribution in [3.8, 4) is 0 Å². The van der Waals surface area contributed by atoms with Gasteiger partial charge in [0.1, 0.15) is 24.8 Å². The van der Waals surface area contributed by atoms with Gasteiger partial charge in [-0.2, -0.15) is 9.51 Å². The third-order valence-corrected chi connectivity index (χ3v) is 9.15. The topological polar surface area (TPSA) is 205 Å². The van der Waals surface area contributed by atoms with Gasteiger partial charge in [-0.15, -0.1) is 10.2 Å². The van der Waals surface area contributed by atoms with Crippen molar-refractivity contribution >= 4 is 48.3 Å². The molecule has 0 aromatic carbocycles. The standard InChI is InChI=1S/C23H35F3N7O8PS/c1-9(2)39-19(36)11(5)31-42(43,32-12(6)20(37)40-10(3)4)38-7-23(21(25)26)15(34)13(24)18(41-23)33-8-28-14-16(33)29-22(27)30-17(14)35/h8-13,15,18,21,31-32,34,43H,7H2,1-6H3,(H2-,27,29,30,35)/p+1/t11-,12-,13+,15-,18+,23+/m0/s1. The number of anilines is 1. The van der Waals surface area contributed by atoms with Crippen molar-refractivity contribution in [3.63, 3.8) is 0 Å². The number of nitrogens with one attached hydrogen (secondary N) is 3. The minimum Gasteiger partial charge on any atom is -0.462 e. The van der Waals surface area contributed by atoms with Crippen LogP contribution in [0.3, 0.4) is 0 Å². The molecule has 0 unspecified atom stereocenters. The van der Waals surface area contributed by atoms with Crippen molar-refractivity contribution in [3.05, 3.63) is 16.7 Å². The van der Waals surface area contributed by atoms with E-state index in [2.05, 4.69) is 37.4 Å². The predicted molar refractivity (Wildman–Crippen MR) is 152 cm³/mol. The number of hydrogen-bond donors (Lipinski definition) is 6. The van der Waals surface area contributed by atoms with E-state index in [-0.39, 0.29) is 17.1 Å². The fraction of sp³-hybridized carbons (Fsp3) is 0.696. The van der Waals surface area contributed by atoms with Crippen LogP contribution >= 0.6 is 19.2 Å². The first-order valence-corrected chi connectivity index (χ1v) is 16.0. The maximum atomic E-state index is 15.5. The number of aliphatic hydroxyl groups excluding tert-OH is 1. The minimum absolute atomic E-state index is 0.275. The van der Waals surface area contributed by atoms with Gasteiger partial charge in [-0.3, -0.25) is 23.9 Å². The van der Waals surface area contributed by atoms with Crippen molar-refractivity contribution < 1.29 is 46.6 Å². The highest BCUT2D eigenvalue weighted by molar-refractivity contribution is 8.49. The Kier molecular flexibility index (Phi) is 11.1. The van der Waals surface area contributed by atoms with Gasteiger partial charge in [0, 0.05) is 0 Å². The monoisotopic (exact) mass is 658 g/mol. The number of aromatic nitrogens is 4. The molecule has 0 spiro atoms. The lowest BCUT2D eigenvalue weighted by atomic mass is 9.97. The number of hydrogen-bond acceptors (Lipinski definition) is 14. The lowest BCUT2D eigenvalue weighted by Crippen LogP contribution is -2.53. The van der Waals surface area contributed by atoms with Gasteiger partial charge in [0.2, 0.25) is 5.95 Å². The van der Waals surface area contributed by atoms with Gasteiger partial charge in [0.05, 0.1) is 30.8 Å². The van der Waals surface area contributed by atoms with Crippen LogP contribution < -0.4 is 21.5 Å². The molecule has 2 aromatic rings. The Hall–Kier alpha value is -2.54. The molecule has 6 N–H and O–H groups in total. The molecular formula is C23H36F3N7O8PS+. The number of nitrogen functional groups attached to an aromatic ring is 1. The van der Waals surface area contributed by atoms with Crippen molar-refractivity contribution in [1.82, 2.24) is 29.7 Å². The average molecular weight is 659 g/mol. The number of ether oxygens (including phenoxy) is 3. The van der Waals surface area contributed by atoms with Crippen LogP contribution in [0.25, 0.3) is 11.2 Å². The van der Waals surface area contributed by atoms with Crippen LogP contribution in [0.1, 0.15) is 47.8 Å². The number of halogens is 3. The van der Waals surface area contributed by atoms with Crippen LogP contribution in [0, 0.1) is 0 Å². The molecule has 3 rings (SSSR count). The van der Waals surface area contributed by atoms with Crippen molar-refractivity contribution in [2.45, 2.75) is 96.4 Å². The molecule has 43 heavy (non-hydrogen) atoms. The number of alkyl halides is 3. The van der Waals surface area contributed by atoms with Gasteiger partial charge in [-0.1, -0.05) is 0 Å². The van der Waals surface area contributed by atoms with Crippen LogP contribution in [-0.2, 0) is 28.3 Å². The number of rotatable bonds is 13. The maximum absolute atomic E-state index is 15.5. The molecule has 1 fully saturated rings. The second-order valence-electron chi connectivity index (χ2n) is 10.5. The van der Waals surface area contributed by atoms with Crippen molar-refractivity contribution in [2.75, 3.05) is 12.3 Å². The number of nitrogens with two attached hydrogens (primary N) is 1. The Labute approximate surface area is 250 Å². The molecule has 1 saturated heterocycles. The van der Waals surface area contributed by atoms with E-state index < -0.39 is 85.9 Å². The molecular weight excluding hydrogens is 622 g/mol. The molecule has 242 valence electrons. The van der Waals surface area contributed by atoms with Crippen LogP contribution in [0.4, 0.5) is 19.1 Å². The number of imidazole rings is 1. The van der Waals surface area contributed by atoms with Gasteiger partial charge < -0.3 is 25.1 Å². The SMILES string of the molecule is CC(C)OC(=O)[C@H](C)N[P+](S)(N[C@@H](C)C(=O)OC(C)C)OC[C@@]1(C(F)F)O[C@@H](n2cnc3c(=O)[nH]c(N)nc32)[C@H](F)[C@@H]1O. The Morgan fingerprint density at radius 1 is 1.19 bits per heavy atom. The fourth-order valence-corrected chi connectivity index (χ4v) is 7.18. The van der Waals surface area contributed by atoms with Gasteiger partial charge in [0.25, 0.3) is 12.0 Å². The zero-order chi connectivity index (χ0) is 32.4. The average Bonchev–Trinajstić information content (AvgIpc) is 3.41. The summed E-state index contributed by atoms with van der Waals surface area (Å²) in [6.07, 6.45) is -10.5. The molecule has 0 bridgehead atoms. The Balaban J connectivity index is 1.93. The summed E-state index contributed by atoms with van der Waals surface area (Å²) in [6.45, 7) is 4.32. The van der Waals surface area contributed by atoms with Gasteiger partial charge >= 0.3 is 18.9 Å². The highest BCUT2D eigenvalue weighted by Gasteiger charge is 2.63. The van der Waals surface area contributed by atoms with E-state index in [9.17, 15) is 28.3 Å². The lowest BCUT2D eigenvalue weighted by molar-refractivity contribution is -0.190. The van der Waals surface area contributed by atoms with Crippen LogP contribution in [-0.4, -0.2) is 91.8 Å². The number of aliphatic hydroxyl groups is 1. The van der Waals surface area contributed by atoms with Crippen molar-refractivity contribution in [1.29, 1.82) is 0 Å². The van der Waals surface area contributed by atoms with Gasteiger partial charge in [0.15, 0.2) is 29.2 Å². The number of fused-ring (bicyclic) bond motifs is 1. The Bertz CT molecular complexity index is 1340. The number of H-pyrrole nitrogens is 1. The van der Waals surface area contributed by atoms with E-state index in [1.807, 2.05) is 0 Å². The van der Waals surface area contributed by atoms with Crippen molar-refractivity contribution in [2.24, 2.45) is 0 Å². The predicted octanol–water partition coefficient (Wildman–Crippen LogP) is 1.42. The smallest absolute Gasteiger partial charge is 0.345 e. The largest absolute Gasteiger partial charge is 0.462 e. The zero-order valence-corrected chi connectivity index (χ0v) is 25.9. The lowest BCUT2D eigenvalue weighted by Gasteiger charge is -2.32. The summed E-state index contributed by atoms with van der Waals surface area (Å²) in [7, 11) is 0. The van der Waals surface area contributed by atoms with Gasteiger partial charge in [-0.25, -0.2) is 18.2 Å². The van der Waals surface area contributed by atoms with Gasteiger partial charge in [-0.05, 0) is 41.5 Å². The number of thiol groups is 1. The third-order valence-electron chi connectivity index (χ3n) is 6.13. The molecule has 6 atom stereocenters. The van der Waals surface area contributed by atoms with E-state index >= 15 is 4.39 Å². The summed E-state index contributed by atoms with van der Waals surface area (Å²) >= 11 is 4.45.